The van der Waals surface area contributed by atoms with Crippen molar-refractivity contribution in [3.8, 4) is 5.75 Å². The molecule has 3 rings (SSSR count). The monoisotopic (exact) mass is 268 g/mol. The van der Waals surface area contributed by atoms with Gasteiger partial charge in [0.15, 0.2) is 0 Å². The fraction of sp³-hybridized carbons (Fsp3) is 0.353. The van der Waals surface area contributed by atoms with Gasteiger partial charge in [0.1, 0.15) is 5.75 Å². The van der Waals surface area contributed by atoms with Crippen LogP contribution in [0.1, 0.15) is 47.7 Å². The Hall–Kier alpha value is -1.87. The van der Waals surface area contributed by atoms with Gasteiger partial charge in [-0.3, -0.25) is 4.98 Å². The van der Waals surface area contributed by atoms with Crippen LogP contribution in [0.15, 0.2) is 36.5 Å². The number of aromatic nitrogens is 1. The minimum absolute atomic E-state index is 0.210. The highest BCUT2D eigenvalue weighted by molar-refractivity contribution is 5.50. The van der Waals surface area contributed by atoms with Gasteiger partial charge < -0.3 is 10.4 Å². The van der Waals surface area contributed by atoms with Crippen LogP contribution in [-0.4, -0.2) is 10.1 Å². The van der Waals surface area contributed by atoms with E-state index in [0.29, 0.717) is 11.7 Å². The molecule has 0 radical (unpaired) electrons. The van der Waals surface area contributed by atoms with Gasteiger partial charge in [0.2, 0.25) is 0 Å². The lowest BCUT2D eigenvalue weighted by Gasteiger charge is -2.15. The van der Waals surface area contributed by atoms with E-state index < -0.39 is 0 Å². The molecule has 2 aromatic rings. The van der Waals surface area contributed by atoms with Crippen molar-refractivity contribution in [1.29, 1.82) is 0 Å². The summed E-state index contributed by atoms with van der Waals surface area (Å²) in [6.45, 7) is 5.08. The van der Waals surface area contributed by atoms with E-state index in [2.05, 4.69) is 24.1 Å². The summed E-state index contributed by atoms with van der Waals surface area (Å²) >= 11 is 0. The number of nitrogens with zero attached hydrogens (tertiary/aromatic N) is 1. The number of phenols is 1. The highest BCUT2D eigenvalue weighted by Gasteiger charge is 2.31. The van der Waals surface area contributed by atoms with E-state index in [1.165, 1.54) is 11.1 Å². The molecule has 2 atom stereocenters. The topological polar surface area (TPSA) is 45.1 Å². The van der Waals surface area contributed by atoms with Crippen molar-refractivity contribution in [3.63, 3.8) is 0 Å². The Labute approximate surface area is 119 Å². The first kappa shape index (κ1) is 13.1. The van der Waals surface area contributed by atoms with Gasteiger partial charge in [-0.25, -0.2) is 0 Å². The lowest BCUT2D eigenvalue weighted by molar-refractivity contribution is 0.444. The Bertz CT molecular complexity index is 610. The molecule has 2 N–H and O–H groups in total. The number of pyridine rings is 1. The van der Waals surface area contributed by atoms with Crippen LogP contribution in [0.4, 0.5) is 0 Å². The van der Waals surface area contributed by atoms with Gasteiger partial charge in [-0.05, 0) is 48.6 Å². The van der Waals surface area contributed by atoms with Crippen LogP contribution in [0.25, 0.3) is 0 Å². The number of rotatable bonds is 3. The Balaban J connectivity index is 1.83. The van der Waals surface area contributed by atoms with Crippen molar-refractivity contribution < 1.29 is 5.11 Å². The lowest BCUT2D eigenvalue weighted by Crippen LogP contribution is -2.19. The zero-order valence-corrected chi connectivity index (χ0v) is 11.9. The molecule has 0 saturated carbocycles. The van der Waals surface area contributed by atoms with Gasteiger partial charge in [0.25, 0.3) is 0 Å². The molecule has 0 spiro atoms. The molecule has 0 fully saturated rings. The van der Waals surface area contributed by atoms with Crippen LogP contribution in [0, 0.1) is 6.92 Å². The number of phenolic OH excluding ortho intramolecular Hbond substituents is 1. The largest absolute Gasteiger partial charge is 0.508 e. The molecule has 0 amide bonds. The molecule has 1 aliphatic rings. The second kappa shape index (κ2) is 5.25. The van der Waals surface area contributed by atoms with Crippen LogP contribution < -0.4 is 5.32 Å². The first-order valence-electron chi connectivity index (χ1n) is 7.12. The summed E-state index contributed by atoms with van der Waals surface area (Å²) in [6.07, 6.45) is 2.84. The van der Waals surface area contributed by atoms with Gasteiger partial charge in [-0.15, -0.1) is 0 Å². The molecule has 0 saturated heterocycles. The highest BCUT2D eigenvalue weighted by Crippen LogP contribution is 2.45. The molecule has 104 valence electrons. The molecule has 1 aromatic carbocycles. The first-order valence-corrected chi connectivity index (χ1v) is 7.12. The van der Waals surface area contributed by atoms with Crippen LogP contribution in [0.5, 0.6) is 5.75 Å². The Morgan fingerprint density at radius 2 is 2.10 bits per heavy atom. The summed E-state index contributed by atoms with van der Waals surface area (Å²) < 4.78 is 0. The van der Waals surface area contributed by atoms with E-state index >= 15 is 0 Å². The van der Waals surface area contributed by atoms with Crippen molar-refractivity contribution in [2.75, 3.05) is 0 Å². The van der Waals surface area contributed by atoms with Crippen molar-refractivity contribution in [2.45, 2.75) is 38.8 Å². The number of hydrogen-bond donors (Lipinski definition) is 2. The summed E-state index contributed by atoms with van der Waals surface area (Å²) in [5, 5.41) is 13.7. The minimum Gasteiger partial charge on any atom is -0.508 e. The molecule has 0 aliphatic heterocycles. The van der Waals surface area contributed by atoms with Crippen LogP contribution in [0.2, 0.25) is 0 Å². The zero-order valence-electron chi connectivity index (χ0n) is 11.9. The molecule has 20 heavy (non-hydrogen) atoms. The van der Waals surface area contributed by atoms with Crippen LogP contribution >= 0.6 is 0 Å². The molecule has 2 unspecified atom stereocenters. The van der Waals surface area contributed by atoms with Gasteiger partial charge in [-0.2, -0.15) is 0 Å². The minimum atomic E-state index is 0.210. The maximum Gasteiger partial charge on any atom is 0.120 e. The molecule has 1 heterocycles. The third-order valence-electron chi connectivity index (χ3n) is 4.17. The van der Waals surface area contributed by atoms with Crippen molar-refractivity contribution in [2.24, 2.45) is 0 Å². The summed E-state index contributed by atoms with van der Waals surface area (Å²) in [7, 11) is 0. The zero-order chi connectivity index (χ0) is 14.1. The SMILES string of the molecule is Cc1ccc(O)c2c1C(C)CC2NCc1ccccn1. The normalized spacial score (nSPS) is 20.9. The van der Waals surface area contributed by atoms with E-state index in [1.807, 2.05) is 36.5 Å². The fourth-order valence-corrected chi connectivity index (χ4v) is 3.26. The summed E-state index contributed by atoms with van der Waals surface area (Å²) in [6, 6.07) is 9.96. The van der Waals surface area contributed by atoms with Gasteiger partial charge >= 0.3 is 0 Å². The molecule has 1 aromatic heterocycles. The van der Waals surface area contributed by atoms with E-state index in [1.54, 1.807) is 0 Å². The summed E-state index contributed by atoms with van der Waals surface area (Å²) in [4.78, 5) is 4.33. The van der Waals surface area contributed by atoms with E-state index in [9.17, 15) is 5.11 Å². The van der Waals surface area contributed by atoms with Gasteiger partial charge in [0, 0.05) is 24.3 Å². The third kappa shape index (κ3) is 2.29. The number of hydrogen-bond acceptors (Lipinski definition) is 3. The number of aryl methyl sites for hydroxylation is 1. The Morgan fingerprint density at radius 3 is 2.85 bits per heavy atom. The maximum absolute atomic E-state index is 10.2. The molecular weight excluding hydrogens is 248 g/mol. The number of fused-ring (bicyclic) bond motifs is 1. The van der Waals surface area contributed by atoms with Crippen molar-refractivity contribution in [1.82, 2.24) is 10.3 Å². The molecule has 0 bridgehead atoms. The molecular formula is C17H20N2O. The standard InChI is InChI=1S/C17H20N2O/c1-11-6-7-15(20)17-14(9-12(2)16(11)17)19-10-13-5-3-4-8-18-13/h3-8,12,14,19-20H,9-10H2,1-2H3. The molecule has 3 heteroatoms. The van der Waals surface area contributed by atoms with Crippen LogP contribution in [-0.2, 0) is 6.54 Å². The second-order valence-corrected chi connectivity index (χ2v) is 5.62. The predicted octanol–water partition coefficient (Wildman–Crippen LogP) is 3.43. The smallest absolute Gasteiger partial charge is 0.120 e. The maximum atomic E-state index is 10.2. The van der Waals surface area contributed by atoms with E-state index in [0.717, 1.165) is 24.2 Å². The number of benzene rings is 1. The predicted molar refractivity (Wildman–Crippen MR) is 79.7 cm³/mol. The first-order chi connectivity index (χ1) is 9.66. The van der Waals surface area contributed by atoms with Crippen molar-refractivity contribution in [3.05, 3.63) is 58.9 Å². The quantitative estimate of drug-likeness (QED) is 0.896. The fourth-order valence-electron chi connectivity index (χ4n) is 3.26. The third-order valence-corrected chi connectivity index (χ3v) is 4.17. The van der Waals surface area contributed by atoms with E-state index in [-0.39, 0.29) is 6.04 Å². The number of aromatic hydroxyl groups is 1. The van der Waals surface area contributed by atoms with Crippen LogP contribution in [0.3, 0.4) is 0 Å². The lowest BCUT2D eigenvalue weighted by atomic mass is 9.97. The number of nitrogens with one attached hydrogen (secondary N) is 1. The summed E-state index contributed by atoms with van der Waals surface area (Å²) in [5.74, 6) is 0.895. The average molecular weight is 268 g/mol. The van der Waals surface area contributed by atoms with Crippen molar-refractivity contribution >= 4 is 0 Å². The highest BCUT2D eigenvalue weighted by atomic mass is 16.3. The Morgan fingerprint density at radius 1 is 1.25 bits per heavy atom. The van der Waals surface area contributed by atoms with E-state index in [4.69, 9.17) is 0 Å². The molecule has 3 nitrogen and oxygen atoms in total. The van der Waals surface area contributed by atoms with Gasteiger partial charge in [0.05, 0.1) is 5.69 Å². The Kier molecular flexibility index (Phi) is 3.45. The summed E-state index contributed by atoms with van der Waals surface area (Å²) in [5.41, 5.74) is 4.69. The molecule has 1 aliphatic carbocycles. The van der Waals surface area contributed by atoms with Gasteiger partial charge in [-0.1, -0.05) is 19.1 Å². The average Bonchev–Trinajstić information content (AvgIpc) is 2.80. The second-order valence-electron chi connectivity index (χ2n) is 5.62.